The predicted octanol–water partition coefficient (Wildman–Crippen LogP) is 5.20. The third-order valence-electron chi connectivity index (χ3n) is 5.40. The van der Waals surface area contributed by atoms with Crippen molar-refractivity contribution in [3.05, 3.63) is 69.9 Å². The lowest BCUT2D eigenvalue weighted by Gasteiger charge is -2.21. The quantitative estimate of drug-likeness (QED) is 0.630. The normalized spacial score (nSPS) is 12.2. The van der Waals surface area contributed by atoms with Crippen molar-refractivity contribution in [3.63, 3.8) is 0 Å². The molecule has 1 N–H and O–H groups in total. The number of rotatable bonds is 5. The summed E-state index contributed by atoms with van der Waals surface area (Å²) >= 11 is 6.14. The fourth-order valence-electron chi connectivity index (χ4n) is 3.71. The minimum atomic E-state index is -0.380. The van der Waals surface area contributed by atoms with Gasteiger partial charge in [-0.25, -0.2) is 4.79 Å². The van der Waals surface area contributed by atoms with Crippen LogP contribution in [0.4, 0.5) is 4.79 Å². The first kappa shape index (κ1) is 19.5. The standard InChI is InChI=1S/C23H24ClN3O2/c1-3-27(13-12-16-6-4-15(2)5-7-16)23(28)29-22-21-19-10-9-18(24)14-17(19)8-11-20(21)25-26-22/h4-7,9-10,14H,3,8,11-13H2,1-2H3,(H,25,26). The van der Waals surface area contributed by atoms with Crippen molar-refractivity contribution in [1.29, 1.82) is 0 Å². The van der Waals surface area contributed by atoms with Crippen LogP contribution in [0.3, 0.4) is 0 Å². The molecular weight excluding hydrogens is 386 g/mol. The van der Waals surface area contributed by atoms with Crippen molar-refractivity contribution >= 4 is 17.7 Å². The molecule has 0 bridgehead atoms. The van der Waals surface area contributed by atoms with Crippen molar-refractivity contribution in [1.82, 2.24) is 15.1 Å². The van der Waals surface area contributed by atoms with Gasteiger partial charge in [0.1, 0.15) is 0 Å². The van der Waals surface area contributed by atoms with Crippen LogP contribution >= 0.6 is 11.6 Å². The van der Waals surface area contributed by atoms with Crippen LogP contribution in [0.25, 0.3) is 11.1 Å². The second-order valence-corrected chi connectivity index (χ2v) is 7.80. The van der Waals surface area contributed by atoms with E-state index >= 15 is 0 Å². The fourth-order valence-corrected chi connectivity index (χ4v) is 3.90. The Morgan fingerprint density at radius 2 is 2.00 bits per heavy atom. The highest BCUT2D eigenvalue weighted by Gasteiger charge is 2.26. The Kier molecular flexibility index (Phi) is 5.58. The first-order chi connectivity index (χ1) is 14.0. The summed E-state index contributed by atoms with van der Waals surface area (Å²) in [5.74, 6) is 0.335. The topological polar surface area (TPSA) is 58.2 Å². The zero-order valence-electron chi connectivity index (χ0n) is 16.7. The Morgan fingerprint density at radius 1 is 1.21 bits per heavy atom. The molecule has 1 amide bonds. The van der Waals surface area contributed by atoms with Gasteiger partial charge in [0, 0.05) is 23.8 Å². The molecule has 0 fully saturated rings. The van der Waals surface area contributed by atoms with Crippen LogP contribution < -0.4 is 4.74 Å². The maximum Gasteiger partial charge on any atom is 0.416 e. The molecule has 0 spiro atoms. The number of aromatic amines is 1. The minimum Gasteiger partial charge on any atom is -0.389 e. The molecule has 2 aromatic carbocycles. The van der Waals surface area contributed by atoms with Crippen LogP contribution in [-0.2, 0) is 19.3 Å². The average Bonchev–Trinajstić information content (AvgIpc) is 3.12. The SMILES string of the molecule is CCN(CCc1ccc(C)cc1)C(=O)Oc1n[nH]c2c1-c1ccc(Cl)cc1CC2. The number of hydrogen-bond donors (Lipinski definition) is 1. The monoisotopic (exact) mass is 409 g/mol. The van der Waals surface area contributed by atoms with Crippen LogP contribution in [-0.4, -0.2) is 34.3 Å². The van der Waals surface area contributed by atoms with E-state index in [9.17, 15) is 4.79 Å². The molecule has 0 saturated carbocycles. The van der Waals surface area contributed by atoms with Gasteiger partial charge in [0.2, 0.25) is 0 Å². The highest BCUT2D eigenvalue weighted by molar-refractivity contribution is 6.30. The van der Waals surface area contributed by atoms with Crippen molar-refractivity contribution in [2.45, 2.75) is 33.1 Å². The van der Waals surface area contributed by atoms with E-state index in [2.05, 4.69) is 41.4 Å². The van der Waals surface area contributed by atoms with Crippen molar-refractivity contribution in [2.24, 2.45) is 0 Å². The number of H-pyrrole nitrogens is 1. The van der Waals surface area contributed by atoms with E-state index in [1.807, 2.05) is 25.1 Å². The second kappa shape index (κ2) is 8.29. The molecule has 6 heteroatoms. The molecule has 0 unspecified atom stereocenters. The van der Waals surface area contributed by atoms with E-state index < -0.39 is 0 Å². The summed E-state index contributed by atoms with van der Waals surface area (Å²) in [5.41, 5.74) is 6.46. The predicted molar refractivity (Wildman–Crippen MR) is 115 cm³/mol. The lowest BCUT2D eigenvalue weighted by molar-refractivity contribution is 0.153. The van der Waals surface area contributed by atoms with E-state index in [0.717, 1.165) is 41.6 Å². The zero-order chi connectivity index (χ0) is 20.4. The number of ether oxygens (including phenoxy) is 1. The second-order valence-electron chi connectivity index (χ2n) is 7.37. The first-order valence-corrected chi connectivity index (χ1v) is 10.3. The number of aromatic nitrogens is 2. The van der Waals surface area contributed by atoms with Crippen LogP contribution in [0.1, 0.15) is 29.3 Å². The van der Waals surface area contributed by atoms with Gasteiger partial charge in [-0.1, -0.05) is 47.5 Å². The van der Waals surface area contributed by atoms with Gasteiger partial charge in [-0.15, -0.1) is 5.10 Å². The van der Waals surface area contributed by atoms with Crippen LogP contribution in [0.15, 0.2) is 42.5 Å². The molecule has 4 rings (SSSR count). The Labute approximate surface area is 175 Å². The summed E-state index contributed by atoms with van der Waals surface area (Å²) < 4.78 is 5.71. The molecule has 1 heterocycles. The Morgan fingerprint density at radius 3 is 2.76 bits per heavy atom. The van der Waals surface area contributed by atoms with Crippen molar-refractivity contribution in [2.75, 3.05) is 13.1 Å². The van der Waals surface area contributed by atoms with Gasteiger partial charge < -0.3 is 9.64 Å². The van der Waals surface area contributed by atoms with Gasteiger partial charge in [0.25, 0.3) is 5.88 Å². The molecular formula is C23H24ClN3O2. The summed E-state index contributed by atoms with van der Waals surface area (Å²) in [7, 11) is 0. The van der Waals surface area contributed by atoms with Crippen LogP contribution in [0.5, 0.6) is 5.88 Å². The molecule has 150 valence electrons. The van der Waals surface area contributed by atoms with E-state index in [1.165, 1.54) is 11.1 Å². The van der Waals surface area contributed by atoms with Gasteiger partial charge in [0.15, 0.2) is 0 Å². The molecule has 1 aromatic heterocycles. The van der Waals surface area contributed by atoms with Crippen molar-refractivity contribution in [3.8, 4) is 17.0 Å². The number of halogens is 1. The molecule has 0 saturated heterocycles. The summed E-state index contributed by atoms with van der Waals surface area (Å²) in [6.45, 7) is 5.19. The Balaban J connectivity index is 1.49. The number of aryl methyl sites for hydroxylation is 3. The van der Waals surface area contributed by atoms with E-state index in [4.69, 9.17) is 16.3 Å². The number of fused-ring (bicyclic) bond motifs is 3. The van der Waals surface area contributed by atoms with Crippen LogP contribution in [0.2, 0.25) is 5.02 Å². The maximum atomic E-state index is 12.8. The lowest BCUT2D eigenvalue weighted by Crippen LogP contribution is -2.35. The fraction of sp³-hybridized carbons (Fsp3) is 0.304. The van der Waals surface area contributed by atoms with E-state index in [0.29, 0.717) is 24.0 Å². The number of hydrogen-bond acceptors (Lipinski definition) is 3. The number of likely N-dealkylation sites (N-methyl/N-ethyl adjacent to an activating group) is 1. The van der Waals surface area contributed by atoms with Gasteiger partial charge in [-0.3, -0.25) is 5.10 Å². The lowest BCUT2D eigenvalue weighted by atomic mass is 9.90. The zero-order valence-corrected chi connectivity index (χ0v) is 17.4. The molecule has 3 aromatic rings. The third kappa shape index (κ3) is 4.15. The van der Waals surface area contributed by atoms with Crippen molar-refractivity contribution < 1.29 is 9.53 Å². The largest absolute Gasteiger partial charge is 0.416 e. The molecule has 0 atom stereocenters. The third-order valence-corrected chi connectivity index (χ3v) is 5.64. The number of amides is 1. The summed E-state index contributed by atoms with van der Waals surface area (Å²) in [6.07, 6.45) is 2.10. The Bertz CT molecular complexity index is 1030. The first-order valence-electron chi connectivity index (χ1n) is 9.93. The number of carbonyl (C=O) groups excluding carboxylic acids is 1. The number of benzene rings is 2. The number of carbonyl (C=O) groups is 1. The summed E-state index contributed by atoms with van der Waals surface area (Å²) in [5, 5.41) is 8.02. The van der Waals surface area contributed by atoms with E-state index in [-0.39, 0.29) is 6.09 Å². The molecule has 5 nitrogen and oxygen atoms in total. The minimum absolute atomic E-state index is 0.335. The number of nitrogens with zero attached hydrogens (tertiary/aromatic N) is 2. The van der Waals surface area contributed by atoms with Crippen LogP contribution in [0, 0.1) is 6.92 Å². The van der Waals surface area contributed by atoms with Gasteiger partial charge in [0.05, 0.1) is 5.56 Å². The maximum absolute atomic E-state index is 12.8. The van der Waals surface area contributed by atoms with Gasteiger partial charge in [-0.2, -0.15) is 0 Å². The highest BCUT2D eigenvalue weighted by Crippen LogP contribution is 2.39. The van der Waals surface area contributed by atoms with Gasteiger partial charge in [-0.05, 0) is 61.9 Å². The number of nitrogens with one attached hydrogen (secondary N) is 1. The molecule has 1 aliphatic carbocycles. The van der Waals surface area contributed by atoms with E-state index in [1.54, 1.807) is 4.90 Å². The highest BCUT2D eigenvalue weighted by atomic mass is 35.5. The molecule has 0 radical (unpaired) electrons. The smallest absolute Gasteiger partial charge is 0.389 e. The summed E-state index contributed by atoms with van der Waals surface area (Å²) in [6, 6.07) is 14.2. The molecule has 1 aliphatic rings. The average molecular weight is 410 g/mol. The molecule has 29 heavy (non-hydrogen) atoms. The molecule has 0 aliphatic heterocycles. The van der Waals surface area contributed by atoms with Gasteiger partial charge >= 0.3 is 6.09 Å². The summed E-state index contributed by atoms with van der Waals surface area (Å²) in [4.78, 5) is 14.5. The Hall–Kier alpha value is -2.79.